The molecule has 1 aliphatic rings. The summed E-state index contributed by atoms with van der Waals surface area (Å²) in [7, 11) is 0. The predicted molar refractivity (Wildman–Crippen MR) is 81.4 cm³/mol. The summed E-state index contributed by atoms with van der Waals surface area (Å²) in [5.74, 6) is 0.756. The van der Waals surface area contributed by atoms with E-state index in [9.17, 15) is 9.90 Å². The maximum Gasteiger partial charge on any atom is 0.251 e. The highest BCUT2D eigenvalue weighted by Crippen LogP contribution is 2.16. The summed E-state index contributed by atoms with van der Waals surface area (Å²) in [6, 6.07) is 7.99. The van der Waals surface area contributed by atoms with Crippen LogP contribution in [0.3, 0.4) is 0 Å². The molecule has 1 unspecified atom stereocenters. The maximum atomic E-state index is 11.7. The molecule has 1 aliphatic heterocycles. The molecule has 1 N–H and O–H groups in total. The molecule has 1 aromatic rings. The number of aliphatic hydroxyl groups excluding tert-OH is 1. The average molecular weight is 292 g/mol. The molecule has 5 heteroatoms. The van der Waals surface area contributed by atoms with Gasteiger partial charge in [0.2, 0.25) is 0 Å². The highest BCUT2D eigenvalue weighted by Gasteiger charge is 2.23. The number of hydrogen-bond donors (Lipinski definition) is 1. The third-order valence-corrected chi connectivity index (χ3v) is 3.80. The predicted octanol–water partition coefficient (Wildman–Crippen LogP) is 0.899. The lowest BCUT2D eigenvalue weighted by Gasteiger charge is -2.35. The molecule has 1 heterocycles. The van der Waals surface area contributed by atoms with Crippen molar-refractivity contribution < 1.29 is 14.6 Å². The van der Waals surface area contributed by atoms with Gasteiger partial charge in [0.1, 0.15) is 18.5 Å². The van der Waals surface area contributed by atoms with E-state index in [0.717, 1.165) is 30.9 Å². The number of hydrogen-bond acceptors (Lipinski definition) is 4. The molecule has 0 aliphatic carbocycles. The van der Waals surface area contributed by atoms with Crippen LogP contribution in [-0.2, 0) is 4.79 Å². The van der Waals surface area contributed by atoms with Crippen molar-refractivity contribution in [2.24, 2.45) is 0 Å². The normalized spacial score (nSPS) is 17.6. The van der Waals surface area contributed by atoms with Crippen molar-refractivity contribution in [3.8, 4) is 5.75 Å². The standard InChI is InChI=1S/C16H24N2O3/c1-13-5-3-4-6-15(13)21-12-11-17-7-9-18(10-8-17)16(20)14(2)19/h3-6,14,19H,7-12H2,1-2H3. The van der Waals surface area contributed by atoms with Crippen LogP contribution in [-0.4, -0.2) is 66.2 Å². The van der Waals surface area contributed by atoms with Gasteiger partial charge in [-0.05, 0) is 25.5 Å². The molecular weight excluding hydrogens is 268 g/mol. The van der Waals surface area contributed by atoms with Crippen LogP contribution in [0.15, 0.2) is 24.3 Å². The van der Waals surface area contributed by atoms with Gasteiger partial charge in [-0.3, -0.25) is 9.69 Å². The van der Waals surface area contributed by atoms with E-state index in [4.69, 9.17) is 4.74 Å². The van der Waals surface area contributed by atoms with E-state index >= 15 is 0 Å². The van der Waals surface area contributed by atoms with E-state index in [0.29, 0.717) is 19.7 Å². The molecule has 1 fully saturated rings. The molecule has 2 rings (SSSR count). The van der Waals surface area contributed by atoms with Crippen LogP contribution in [0.25, 0.3) is 0 Å². The van der Waals surface area contributed by atoms with Gasteiger partial charge in [-0.15, -0.1) is 0 Å². The Bertz CT molecular complexity index is 468. The number of ether oxygens (including phenoxy) is 1. The van der Waals surface area contributed by atoms with Gasteiger partial charge < -0.3 is 14.7 Å². The molecule has 21 heavy (non-hydrogen) atoms. The first-order chi connectivity index (χ1) is 10.1. The molecule has 1 aromatic carbocycles. The molecule has 1 atom stereocenters. The highest BCUT2D eigenvalue weighted by molar-refractivity contribution is 5.80. The molecule has 0 aromatic heterocycles. The molecule has 1 amide bonds. The zero-order valence-corrected chi connectivity index (χ0v) is 12.8. The minimum absolute atomic E-state index is 0.175. The minimum atomic E-state index is -0.902. The van der Waals surface area contributed by atoms with E-state index in [2.05, 4.69) is 4.90 Å². The smallest absolute Gasteiger partial charge is 0.251 e. The number of carbonyl (C=O) groups excluding carboxylic acids is 1. The van der Waals surface area contributed by atoms with Gasteiger partial charge in [0.25, 0.3) is 5.91 Å². The Kier molecular flexibility index (Phi) is 5.59. The van der Waals surface area contributed by atoms with Crippen LogP contribution >= 0.6 is 0 Å². The van der Waals surface area contributed by atoms with Crippen molar-refractivity contribution in [1.29, 1.82) is 0 Å². The first kappa shape index (κ1) is 15.8. The number of aliphatic hydroxyl groups is 1. The van der Waals surface area contributed by atoms with Gasteiger partial charge in [-0.2, -0.15) is 0 Å². The van der Waals surface area contributed by atoms with Crippen LogP contribution < -0.4 is 4.74 Å². The monoisotopic (exact) mass is 292 g/mol. The second-order valence-electron chi connectivity index (χ2n) is 5.46. The van der Waals surface area contributed by atoms with Crippen molar-refractivity contribution in [3.63, 3.8) is 0 Å². The number of piperazine rings is 1. The largest absolute Gasteiger partial charge is 0.492 e. The van der Waals surface area contributed by atoms with Crippen molar-refractivity contribution in [2.75, 3.05) is 39.3 Å². The lowest BCUT2D eigenvalue weighted by Crippen LogP contribution is -2.51. The Morgan fingerprint density at radius 1 is 1.29 bits per heavy atom. The fourth-order valence-electron chi connectivity index (χ4n) is 2.46. The summed E-state index contributed by atoms with van der Waals surface area (Å²) < 4.78 is 5.79. The van der Waals surface area contributed by atoms with Gasteiger partial charge in [0.15, 0.2) is 0 Å². The van der Waals surface area contributed by atoms with Crippen molar-refractivity contribution >= 4 is 5.91 Å². The van der Waals surface area contributed by atoms with Crippen molar-refractivity contribution in [1.82, 2.24) is 9.80 Å². The van der Waals surface area contributed by atoms with Gasteiger partial charge in [-0.25, -0.2) is 0 Å². The Morgan fingerprint density at radius 2 is 1.95 bits per heavy atom. The van der Waals surface area contributed by atoms with E-state index < -0.39 is 6.10 Å². The second-order valence-corrected chi connectivity index (χ2v) is 5.46. The van der Waals surface area contributed by atoms with Crippen molar-refractivity contribution in [2.45, 2.75) is 20.0 Å². The maximum absolute atomic E-state index is 11.7. The van der Waals surface area contributed by atoms with E-state index in [1.165, 1.54) is 6.92 Å². The van der Waals surface area contributed by atoms with E-state index in [-0.39, 0.29) is 5.91 Å². The number of para-hydroxylation sites is 1. The summed E-state index contributed by atoms with van der Waals surface area (Å²) in [6.45, 7) is 8.06. The lowest BCUT2D eigenvalue weighted by atomic mass is 10.2. The summed E-state index contributed by atoms with van der Waals surface area (Å²) in [5, 5.41) is 9.31. The Labute approximate surface area is 126 Å². The van der Waals surface area contributed by atoms with Crippen LogP contribution in [0.4, 0.5) is 0 Å². The zero-order valence-electron chi connectivity index (χ0n) is 12.8. The van der Waals surface area contributed by atoms with Crippen LogP contribution in [0.5, 0.6) is 5.75 Å². The van der Waals surface area contributed by atoms with Crippen LogP contribution in [0.2, 0.25) is 0 Å². The summed E-state index contributed by atoms with van der Waals surface area (Å²) >= 11 is 0. The van der Waals surface area contributed by atoms with Gasteiger partial charge >= 0.3 is 0 Å². The van der Waals surface area contributed by atoms with Gasteiger partial charge in [0.05, 0.1) is 0 Å². The van der Waals surface area contributed by atoms with Gasteiger partial charge in [0, 0.05) is 32.7 Å². The quantitative estimate of drug-likeness (QED) is 0.876. The average Bonchev–Trinajstić information content (AvgIpc) is 2.49. The Hall–Kier alpha value is -1.59. The highest BCUT2D eigenvalue weighted by atomic mass is 16.5. The Morgan fingerprint density at radius 3 is 2.57 bits per heavy atom. The second kappa shape index (κ2) is 7.43. The Balaban J connectivity index is 1.70. The number of rotatable bonds is 5. The first-order valence-electron chi connectivity index (χ1n) is 7.45. The molecule has 0 spiro atoms. The number of amides is 1. The number of benzene rings is 1. The van der Waals surface area contributed by atoms with E-state index in [1.54, 1.807) is 4.90 Å². The fourth-order valence-corrected chi connectivity index (χ4v) is 2.46. The molecule has 0 radical (unpaired) electrons. The summed E-state index contributed by atoms with van der Waals surface area (Å²) in [4.78, 5) is 15.7. The van der Waals surface area contributed by atoms with Crippen LogP contribution in [0.1, 0.15) is 12.5 Å². The topological polar surface area (TPSA) is 53.0 Å². The van der Waals surface area contributed by atoms with Crippen LogP contribution in [0, 0.1) is 6.92 Å². The first-order valence-corrected chi connectivity index (χ1v) is 7.45. The SMILES string of the molecule is Cc1ccccc1OCCN1CCN(C(=O)C(C)O)CC1. The summed E-state index contributed by atoms with van der Waals surface area (Å²) in [5.41, 5.74) is 1.14. The number of nitrogens with zero attached hydrogens (tertiary/aromatic N) is 2. The third kappa shape index (κ3) is 4.44. The number of aryl methyl sites for hydroxylation is 1. The van der Waals surface area contributed by atoms with Crippen molar-refractivity contribution in [3.05, 3.63) is 29.8 Å². The third-order valence-electron chi connectivity index (χ3n) is 3.80. The molecule has 1 saturated heterocycles. The molecule has 0 saturated carbocycles. The molecule has 116 valence electrons. The fraction of sp³-hybridized carbons (Fsp3) is 0.562. The molecule has 0 bridgehead atoms. The minimum Gasteiger partial charge on any atom is -0.492 e. The molecule has 5 nitrogen and oxygen atoms in total. The summed E-state index contributed by atoms with van der Waals surface area (Å²) in [6.07, 6.45) is -0.902. The lowest BCUT2D eigenvalue weighted by molar-refractivity contribution is -0.141. The zero-order chi connectivity index (χ0) is 15.2. The number of carbonyl (C=O) groups is 1. The van der Waals surface area contributed by atoms with E-state index in [1.807, 2.05) is 31.2 Å². The molecular formula is C16H24N2O3. The van der Waals surface area contributed by atoms with Gasteiger partial charge in [-0.1, -0.05) is 18.2 Å².